The Kier molecular flexibility index (Phi) is 3.16. The Hall–Kier alpha value is -2.77. The minimum atomic E-state index is 0.290. The van der Waals surface area contributed by atoms with Crippen LogP contribution in [0.25, 0.3) is 0 Å². The number of nitrogens with zero attached hydrogens (tertiary/aromatic N) is 4. The van der Waals surface area contributed by atoms with Crippen LogP contribution >= 0.6 is 0 Å². The molecule has 4 N–H and O–H groups in total. The molecule has 126 valence electrons. The van der Waals surface area contributed by atoms with Gasteiger partial charge >= 0.3 is 0 Å². The molecule has 1 spiro atoms. The first kappa shape index (κ1) is 14.8. The third kappa shape index (κ3) is 2.34. The number of aromatic nitrogens is 3. The van der Waals surface area contributed by atoms with Crippen LogP contribution in [0.15, 0.2) is 12.1 Å². The third-order valence-electron chi connectivity index (χ3n) is 4.84. The Bertz CT molecular complexity index is 762. The van der Waals surface area contributed by atoms with Crippen molar-refractivity contribution in [1.82, 2.24) is 20.1 Å². The summed E-state index contributed by atoms with van der Waals surface area (Å²) in [5.74, 6) is 0.753. The van der Waals surface area contributed by atoms with Crippen molar-refractivity contribution in [3.8, 4) is 0 Å². The lowest BCUT2D eigenvalue weighted by Crippen LogP contribution is -2.72. The zero-order chi connectivity index (χ0) is 16.9. The zero-order valence-corrected chi connectivity index (χ0v) is 13.8. The predicted molar refractivity (Wildman–Crippen MR) is 92.3 cm³/mol. The summed E-state index contributed by atoms with van der Waals surface area (Å²) in [7, 11) is 0. The summed E-state index contributed by atoms with van der Waals surface area (Å²) in [6, 6.07) is 4.19. The van der Waals surface area contributed by atoms with Crippen molar-refractivity contribution in [3.05, 3.63) is 23.3 Å². The number of hydrogen-bond acceptors (Lipinski definition) is 6. The van der Waals surface area contributed by atoms with Crippen LogP contribution in [-0.2, 0) is 4.79 Å². The molecule has 0 unspecified atom stereocenters. The second kappa shape index (κ2) is 5.12. The molecule has 8 nitrogen and oxygen atoms in total. The third-order valence-corrected chi connectivity index (χ3v) is 4.84. The Balaban J connectivity index is 1.48. The number of nitrogen functional groups attached to an aromatic ring is 1. The molecule has 3 heterocycles. The summed E-state index contributed by atoms with van der Waals surface area (Å²) >= 11 is 0. The molecule has 0 saturated carbocycles. The molecule has 0 aliphatic carbocycles. The van der Waals surface area contributed by atoms with E-state index >= 15 is 0 Å². The van der Waals surface area contributed by atoms with Crippen LogP contribution in [0.4, 0.5) is 23.3 Å². The maximum atomic E-state index is 10.7. The molecule has 1 aromatic heterocycles. The molecular weight excluding hydrogens is 306 g/mol. The summed E-state index contributed by atoms with van der Waals surface area (Å²) in [4.78, 5) is 19.1. The summed E-state index contributed by atoms with van der Waals surface area (Å²) < 4.78 is 0. The van der Waals surface area contributed by atoms with Gasteiger partial charge in [0.15, 0.2) is 0 Å². The Morgan fingerprint density at radius 1 is 1.25 bits per heavy atom. The number of benzene rings is 1. The SMILES string of the molecule is Cc1cc(Nc2n[nH]c(N)n2)cc(C)c1N1CC2(CN(C=O)C2)C1. The van der Waals surface area contributed by atoms with Gasteiger partial charge in [0.25, 0.3) is 0 Å². The van der Waals surface area contributed by atoms with E-state index < -0.39 is 0 Å². The van der Waals surface area contributed by atoms with Crippen LogP contribution in [0.1, 0.15) is 11.1 Å². The maximum absolute atomic E-state index is 10.7. The highest BCUT2D eigenvalue weighted by Gasteiger charge is 2.51. The molecule has 1 amide bonds. The van der Waals surface area contributed by atoms with Crippen LogP contribution in [0.5, 0.6) is 0 Å². The molecule has 0 bridgehead atoms. The molecule has 2 saturated heterocycles. The largest absolute Gasteiger partial charge is 0.370 e. The lowest BCUT2D eigenvalue weighted by molar-refractivity contribution is -0.130. The molecule has 2 aromatic rings. The highest BCUT2D eigenvalue weighted by Crippen LogP contribution is 2.43. The van der Waals surface area contributed by atoms with Crippen molar-refractivity contribution >= 4 is 29.7 Å². The predicted octanol–water partition coefficient (Wildman–Crippen LogP) is 1.03. The lowest BCUT2D eigenvalue weighted by atomic mass is 9.72. The number of carbonyl (C=O) groups is 1. The van der Waals surface area contributed by atoms with Crippen LogP contribution in [0.3, 0.4) is 0 Å². The molecule has 2 fully saturated rings. The number of H-pyrrole nitrogens is 1. The fourth-order valence-electron chi connectivity index (χ4n) is 4.00. The minimum Gasteiger partial charge on any atom is -0.370 e. The van der Waals surface area contributed by atoms with Gasteiger partial charge in [-0.25, -0.2) is 5.10 Å². The quantitative estimate of drug-likeness (QED) is 0.725. The molecule has 2 aliphatic rings. The first-order valence-electron chi connectivity index (χ1n) is 7.98. The molecular formula is C16H21N7O. The summed E-state index contributed by atoms with van der Waals surface area (Å²) in [5.41, 5.74) is 10.5. The lowest BCUT2D eigenvalue weighted by Gasteiger charge is -2.60. The first-order chi connectivity index (χ1) is 11.5. The van der Waals surface area contributed by atoms with E-state index in [-0.39, 0.29) is 0 Å². The average molecular weight is 327 g/mol. The average Bonchev–Trinajstić information content (AvgIpc) is 2.83. The Morgan fingerprint density at radius 3 is 2.46 bits per heavy atom. The highest BCUT2D eigenvalue weighted by atomic mass is 16.1. The van der Waals surface area contributed by atoms with Gasteiger partial charge in [-0.2, -0.15) is 4.98 Å². The molecule has 4 rings (SSSR count). The van der Waals surface area contributed by atoms with Crippen molar-refractivity contribution in [1.29, 1.82) is 0 Å². The smallest absolute Gasteiger partial charge is 0.248 e. The van der Waals surface area contributed by atoms with Crippen molar-refractivity contribution in [3.63, 3.8) is 0 Å². The van der Waals surface area contributed by atoms with Gasteiger partial charge in [-0.05, 0) is 37.1 Å². The Morgan fingerprint density at radius 2 is 1.92 bits per heavy atom. The number of carbonyl (C=O) groups excluding carboxylic acids is 1. The fourth-order valence-corrected chi connectivity index (χ4v) is 4.00. The number of nitrogens with two attached hydrogens (primary N) is 1. The van der Waals surface area contributed by atoms with E-state index in [1.807, 2.05) is 4.90 Å². The van der Waals surface area contributed by atoms with Crippen molar-refractivity contribution in [2.75, 3.05) is 42.1 Å². The number of aromatic amines is 1. The van der Waals surface area contributed by atoms with Gasteiger partial charge in [-0.1, -0.05) is 0 Å². The van der Waals surface area contributed by atoms with Crippen molar-refractivity contribution in [2.45, 2.75) is 13.8 Å². The standard InChI is InChI=1S/C16H21N7O/c1-10-3-12(18-15-19-14(17)20-21-15)4-11(2)13(10)23-7-16(8-23)5-22(6-16)9-24/h3-4,9H,5-8H2,1-2H3,(H4,17,18,19,20,21). The van der Waals surface area contributed by atoms with E-state index in [9.17, 15) is 4.79 Å². The summed E-state index contributed by atoms with van der Waals surface area (Å²) in [5, 5.41) is 9.77. The van der Waals surface area contributed by atoms with Crippen molar-refractivity contribution < 1.29 is 4.79 Å². The monoisotopic (exact) mass is 327 g/mol. The van der Waals surface area contributed by atoms with Gasteiger partial charge < -0.3 is 20.9 Å². The topological polar surface area (TPSA) is 103 Å². The highest BCUT2D eigenvalue weighted by molar-refractivity contribution is 5.69. The molecule has 0 radical (unpaired) electrons. The molecule has 0 atom stereocenters. The first-order valence-corrected chi connectivity index (χ1v) is 7.98. The van der Waals surface area contributed by atoms with Crippen molar-refractivity contribution in [2.24, 2.45) is 5.41 Å². The van der Waals surface area contributed by atoms with Gasteiger partial charge in [0, 0.05) is 43.0 Å². The van der Waals surface area contributed by atoms with Crippen LogP contribution in [-0.4, -0.2) is 52.7 Å². The van der Waals surface area contributed by atoms with Crippen LogP contribution in [0, 0.1) is 19.3 Å². The number of anilines is 4. The second-order valence-corrected chi connectivity index (χ2v) is 6.99. The summed E-state index contributed by atoms with van der Waals surface area (Å²) in [6.45, 7) is 8.03. The number of likely N-dealkylation sites (tertiary alicyclic amines) is 1. The van der Waals surface area contributed by atoms with E-state index in [1.165, 1.54) is 16.8 Å². The van der Waals surface area contributed by atoms with Gasteiger partial charge in [-0.3, -0.25) is 4.79 Å². The minimum absolute atomic E-state index is 0.290. The Labute approximate surface area is 140 Å². The van der Waals surface area contributed by atoms with E-state index in [0.717, 1.165) is 38.3 Å². The number of rotatable bonds is 4. The van der Waals surface area contributed by atoms with Gasteiger partial charge in [0.1, 0.15) is 0 Å². The molecule has 1 aromatic carbocycles. The van der Waals surface area contributed by atoms with E-state index in [2.05, 4.69) is 51.4 Å². The molecule has 2 aliphatic heterocycles. The van der Waals surface area contributed by atoms with Gasteiger partial charge in [0.05, 0.1) is 0 Å². The fraction of sp³-hybridized carbons (Fsp3) is 0.438. The number of aryl methyl sites for hydroxylation is 2. The van der Waals surface area contributed by atoms with Crippen LogP contribution in [0.2, 0.25) is 0 Å². The van der Waals surface area contributed by atoms with E-state index in [4.69, 9.17) is 5.73 Å². The van der Waals surface area contributed by atoms with E-state index in [1.54, 1.807) is 0 Å². The second-order valence-electron chi connectivity index (χ2n) is 6.99. The normalized spacial score (nSPS) is 18.2. The van der Waals surface area contributed by atoms with Crippen LogP contribution < -0.4 is 16.0 Å². The molecule has 24 heavy (non-hydrogen) atoms. The maximum Gasteiger partial charge on any atom is 0.248 e. The zero-order valence-electron chi connectivity index (χ0n) is 13.8. The number of nitrogens with one attached hydrogen (secondary N) is 2. The number of amides is 1. The summed E-state index contributed by atoms with van der Waals surface area (Å²) in [6.07, 6.45) is 0.945. The van der Waals surface area contributed by atoms with E-state index in [0.29, 0.717) is 17.3 Å². The molecule has 8 heteroatoms. The van der Waals surface area contributed by atoms with Gasteiger partial charge in [0.2, 0.25) is 18.3 Å². The number of hydrogen-bond donors (Lipinski definition) is 3. The van der Waals surface area contributed by atoms with Gasteiger partial charge in [-0.15, -0.1) is 5.10 Å².